The summed E-state index contributed by atoms with van der Waals surface area (Å²) in [6.45, 7) is 0.148. The van der Waals surface area contributed by atoms with Gasteiger partial charge in [0.1, 0.15) is 5.82 Å². The minimum atomic E-state index is -0.589. The number of azide groups is 1. The highest BCUT2D eigenvalue weighted by Crippen LogP contribution is 2.12. The van der Waals surface area contributed by atoms with E-state index in [1.807, 2.05) is 0 Å². The summed E-state index contributed by atoms with van der Waals surface area (Å²) in [5, 5.41) is 3.27. The van der Waals surface area contributed by atoms with Gasteiger partial charge < -0.3 is 4.74 Å². The molecular formula is C11H10FN3O2. The Morgan fingerprint density at radius 1 is 1.65 bits per heavy atom. The first-order chi connectivity index (χ1) is 8.19. The van der Waals surface area contributed by atoms with Gasteiger partial charge in [0.25, 0.3) is 0 Å². The second-order valence-electron chi connectivity index (χ2n) is 3.04. The van der Waals surface area contributed by atoms with Crippen molar-refractivity contribution in [3.05, 3.63) is 51.7 Å². The number of nitrogens with zero attached hydrogens (tertiary/aromatic N) is 3. The summed E-state index contributed by atoms with van der Waals surface area (Å²) in [6.07, 6.45) is 3.00. The lowest BCUT2D eigenvalue weighted by Crippen LogP contribution is -2.01. The number of carbonyl (C=O) groups is 1. The summed E-state index contributed by atoms with van der Waals surface area (Å²) in [5.74, 6) is -1.13. The van der Waals surface area contributed by atoms with Crippen molar-refractivity contribution in [2.45, 2.75) is 0 Å². The number of carbonyl (C=O) groups excluding carboxylic acids is 1. The maximum absolute atomic E-state index is 13.5. The molecule has 0 amide bonds. The van der Waals surface area contributed by atoms with Gasteiger partial charge >= 0.3 is 5.97 Å². The molecule has 0 heterocycles. The first-order valence-electron chi connectivity index (χ1n) is 4.74. The molecule has 0 bridgehead atoms. The van der Waals surface area contributed by atoms with Gasteiger partial charge in [0.05, 0.1) is 12.7 Å². The van der Waals surface area contributed by atoms with E-state index in [1.54, 1.807) is 0 Å². The summed E-state index contributed by atoms with van der Waals surface area (Å²) >= 11 is 0. The molecular weight excluding hydrogens is 225 g/mol. The number of halogens is 1. The number of hydrogen-bond donors (Lipinski definition) is 0. The van der Waals surface area contributed by atoms with E-state index < -0.39 is 11.8 Å². The van der Waals surface area contributed by atoms with Crippen molar-refractivity contribution in [3.63, 3.8) is 0 Å². The summed E-state index contributed by atoms with van der Waals surface area (Å²) in [4.78, 5) is 13.7. The molecule has 0 fully saturated rings. The van der Waals surface area contributed by atoms with E-state index in [9.17, 15) is 9.18 Å². The molecule has 5 nitrogen and oxygen atoms in total. The molecule has 0 unspecified atom stereocenters. The van der Waals surface area contributed by atoms with Crippen LogP contribution in [0.15, 0.2) is 29.4 Å². The van der Waals surface area contributed by atoms with Crippen molar-refractivity contribution >= 4 is 12.0 Å². The molecule has 0 N–H and O–H groups in total. The van der Waals surface area contributed by atoms with Crippen LogP contribution < -0.4 is 0 Å². The average Bonchev–Trinajstić information content (AvgIpc) is 2.35. The zero-order valence-electron chi connectivity index (χ0n) is 9.13. The van der Waals surface area contributed by atoms with Crippen LogP contribution in [0.25, 0.3) is 16.5 Å². The third-order valence-corrected chi connectivity index (χ3v) is 1.97. The number of benzene rings is 1. The van der Waals surface area contributed by atoms with Crippen molar-refractivity contribution in [3.8, 4) is 0 Å². The first-order valence-corrected chi connectivity index (χ1v) is 4.74. The van der Waals surface area contributed by atoms with Crippen molar-refractivity contribution in [2.75, 3.05) is 13.7 Å². The molecule has 1 aromatic carbocycles. The van der Waals surface area contributed by atoms with Crippen LogP contribution in [0.2, 0.25) is 0 Å². The predicted molar refractivity (Wildman–Crippen MR) is 60.8 cm³/mol. The first kappa shape index (κ1) is 12.7. The molecule has 88 valence electrons. The fourth-order valence-electron chi connectivity index (χ4n) is 1.17. The summed E-state index contributed by atoms with van der Waals surface area (Å²) < 4.78 is 18.0. The number of ether oxygens (including phenoxy) is 1. The normalized spacial score (nSPS) is 10.0. The highest BCUT2D eigenvalue weighted by molar-refractivity contribution is 5.89. The quantitative estimate of drug-likeness (QED) is 0.348. The predicted octanol–water partition coefficient (Wildman–Crippen LogP) is 2.94. The Labute approximate surface area is 97.1 Å². The molecule has 1 rings (SSSR count). The van der Waals surface area contributed by atoms with Crippen LogP contribution in [0.5, 0.6) is 0 Å². The molecule has 0 atom stereocenters. The molecule has 1 aromatic rings. The van der Waals surface area contributed by atoms with Gasteiger partial charge in [0.2, 0.25) is 0 Å². The molecule has 0 aliphatic carbocycles. The van der Waals surface area contributed by atoms with Crippen LogP contribution in [-0.4, -0.2) is 19.6 Å². The number of hydrogen-bond acceptors (Lipinski definition) is 3. The van der Waals surface area contributed by atoms with Crippen molar-refractivity contribution in [2.24, 2.45) is 5.11 Å². The lowest BCUT2D eigenvalue weighted by Gasteiger charge is -2.01. The fraction of sp³-hybridized carbons (Fsp3) is 0.182. The molecule has 6 heteroatoms. The molecule has 0 spiro atoms. The number of esters is 1. The fourth-order valence-corrected chi connectivity index (χ4v) is 1.17. The molecule has 17 heavy (non-hydrogen) atoms. The summed E-state index contributed by atoms with van der Waals surface area (Å²) in [5.41, 5.74) is 8.50. The minimum absolute atomic E-state index is 0.148. The van der Waals surface area contributed by atoms with Crippen LogP contribution >= 0.6 is 0 Å². The second kappa shape index (κ2) is 6.30. The molecule has 0 aliphatic rings. The van der Waals surface area contributed by atoms with Gasteiger partial charge in [-0.15, -0.1) is 0 Å². The highest BCUT2D eigenvalue weighted by Gasteiger charge is 2.07. The van der Waals surface area contributed by atoms with E-state index in [0.717, 1.165) is 6.07 Å². The van der Waals surface area contributed by atoms with Crippen LogP contribution in [0.3, 0.4) is 0 Å². The Morgan fingerprint density at radius 2 is 2.41 bits per heavy atom. The minimum Gasteiger partial charge on any atom is -0.465 e. The summed E-state index contributed by atoms with van der Waals surface area (Å²) in [7, 11) is 1.23. The van der Waals surface area contributed by atoms with Crippen LogP contribution in [-0.2, 0) is 4.74 Å². The second-order valence-corrected chi connectivity index (χ2v) is 3.04. The van der Waals surface area contributed by atoms with Crippen molar-refractivity contribution in [1.82, 2.24) is 0 Å². The lowest BCUT2D eigenvalue weighted by atomic mass is 10.1. The molecule has 0 aromatic heterocycles. The third kappa shape index (κ3) is 3.62. The van der Waals surface area contributed by atoms with Gasteiger partial charge in [-0.05, 0) is 17.7 Å². The Bertz CT molecular complexity index is 493. The van der Waals surface area contributed by atoms with Crippen LogP contribution in [0.4, 0.5) is 4.39 Å². The smallest absolute Gasteiger partial charge is 0.337 e. The maximum atomic E-state index is 13.5. The van der Waals surface area contributed by atoms with E-state index in [0.29, 0.717) is 5.56 Å². The van der Waals surface area contributed by atoms with E-state index in [4.69, 9.17) is 5.53 Å². The summed E-state index contributed by atoms with van der Waals surface area (Å²) in [6, 6.07) is 4.01. The zero-order valence-corrected chi connectivity index (χ0v) is 9.13. The van der Waals surface area contributed by atoms with Crippen molar-refractivity contribution < 1.29 is 13.9 Å². The maximum Gasteiger partial charge on any atom is 0.337 e. The van der Waals surface area contributed by atoms with Crippen LogP contribution in [0.1, 0.15) is 15.9 Å². The molecule has 0 saturated carbocycles. The monoisotopic (exact) mass is 235 g/mol. The number of rotatable bonds is 4. The van der Waals surface area contributed by atoms with E-state index in [2.05, 4.69) is 14.8 Å². The average molecular weight is 235 g/mol. The Morgan fingerprint density at radius 3 is 3.00 bits per heavy atom. The topological polar surface area (TPSA) is 75.1 Å². The van der Waals surface area contributed by atoms with Gasteiger partial charge in [0.15, 0.2) is 0 Å². The van der Waals surface area contributed by atoms with Crippen molar-refractivity contribution in [1.29, 1.82) is 0 Å². The largest absolute Gasteiger partial charge is 0.465 e. The van der Waals surface area contributed by atoms with Gasteiger partial charge in [-0.3, -0.25) is 0 Å². The van der Waals surface area contributed by atoms with Gasteiger partial charge in [-0.25, -0.2) is 9.18 Å². The Kier molecular flexibility index (Phi) is 4.72. The third-order valence-electron chi connectivity index (χ3n) is 1.97. The molecule has 0 radical (unpaired) electrons. The Balaban J connectivity index is 2.86. The molecule has 0 saturated heterocycles. The van der Waals surface area contributed by atoms with Crippen LogP contribution in [0, 0.1) is 5.82 Å². The van der Waals surface area contributed by atoms with E-state index >= 15 is 0 Å². The van der Waals surface area contributed by atoms with E-state index in [-0.39, 0.29) is 12.1 Å². The molecule has 0 aliphatic heterocycles. The zero-order chi connectivity index (χ0) is 12.7. The van der Waals surface area contributed by atoms with E-state index in [1.165, 1.54) is 31.4 Å². The Hall–Kier alpha value is -2.33. The standard InChI is InChI=1S/C11H10FN3O2/c1-17-11(16)9-5-4-8(10(12)7-9)3-2-6-14-15-13/h2-5,7H,6H2,1H3. The lowest BCUT2D eigenvalue weighted by molar-refractivity contribution is 0.0600. The SMILES string of the molecule is COC(=O)c1ccc(C=CCN=[N+]=[N-])c(F)c1. The number of methoxy groups -OCH3 is 1. The van der Waals surface area contributed by atoms with Gasteiger partial charge in [-0.1, -0.05) is 23.3 Å². The van der Waals surface area contributed by atoms with Gasteiger partial charge in [-0.2, -0.15) is 0 Å². The highest BCUT2D eigenvalue weighted by atomic mass is 19.1. The van der Waals surface area contributed by atoms with Gasteiger partial charge in [0, 0.05) is 17.0 Å².